The molecule has 19 heavy (non-hydrogen) atoms. The fourth-order valence-corrected chi connectivity index (χ4v) is 1.74. The average Bonchev–Trinajstić information content (AvgIpc) is 2.89. The quantitative estimate of drug-likeness (QED) is 0.754. The Morgan fingerprint density at radius 2 is 2.11 bits per heavy atom. The first-order chi connectivity index (χ1) is 9.24. The van der Waals surface area contributed by atoms with Gasteiger partial charge < -0.3 is 9.63 Å². The molecule has 0 fully saturated rings. The molecule has 0 amide bonds. The first-order valence-corrected chi connectivity index (χ1v) is 5.64. The predicted molar refractivity (Wildman–Crippen MR) is 67.2 cm³/mol. The minimum absolute atomic E-state index is 0.204. The summed E-state index contributed by atoms with van der Waals surface area (Å²) in [5, 5.41) is 13.3. The average molecular weight is 254 g/mol. The summed E-state index contributed by atoms with van der Waals surface area (Å²) < 4.78 is 5.22. The Bertz CT molecular complexity index is 710. The van der Waals surface area contributed by atoms with Crippen LogP contribution >= 0.6 is 0 Å². The molecule has 0 saturated carbocycles. The molecule has 1 aromatic carbocycles. The summed E-state index contributed by atoms with van der Waals surface area (Å²) in [7, 11) is 0. The summed E-state index contributed by atoms with van der Waals surface area (Å²) >= 11 is 0. The zero-order valence-corrected chi connectivity index (χ0v) is 10.1. The first-order valence-electron chi connectivity index (χ1n) is 5.64. The Hall–Kier alpha value is -2.76. The highest BCUT2D eigenvalue weighted by Gasteiger charge is 2.13. The molecule has 6 heteroatoms. The van der Waals surface area contributed by atoms with E-state index in [1.54, 1.807) is 36.8 Å². The van der Waals surface area contributed by atoms with Crippen molar-refractivity contribution in [3.05, 3.63) is 42.4 Å². The van der Waals surface area contributed by atoms with Gasteiger partial charge in [-0.15, -0.1) is 0 Å². The Labute approximate surface area is 108 Å². The van der Waals surface area contributed by atoms with Gasteiger partial charge in [0.2, 0.25) is 5.82 Å². The lowest BCUT2D eigenvalue weighted by Crippen LogP contribution is -1.87. The maximum absolute atomic E-state index is 9.38. The van der Waals surface area contributed by atoms with Crippen LogP contribution < -0.4 is 0 Å². The van der Waals surface area contributed by atoms with E-state index in [0.717, 1.165) is 11.1 Å². The number of nitrogens with zero attached hydrogens (tertiary/aromatic N) is 4. The van der Waals surface area contributed by atoms with Crippen molar-refractivity contribution in [2.75, 3.05) is 0 Å². The van der Waals surface area contributed by atoms with Crippen molar-refractivity contribution < 1.29 is 9.63 Å². The summed E-state index contributed by atoms with van der Waals surface area (Å²) in [5.74, 6) is 0.976. The number of phenols is 1. The number of phenolic OH excluding ortho intramolecular Hbond substituents is 1. The van der Waals surface area contributed by atoms with E-state index in [4.69, 9.17) is 4.52 Å². The van der Waals surface area contributed by atoms with Gasteiger partial charge >= 0.3 is 0 Å². The van der Waals surface area contributed by atoms with Gasteiger partial charge in [0, 0.05) is 18.0 Å². The summed E-state index contributed by atoms with van der Waals surface area (Å²) in [6.07, 6.45) is 4.71. The number of rotatable bonds is 2. The molecular weight excluding hydrogens is 244 g/mol. The second-order valence-electron chi connectivity index (χ2n) is 4.01. The van der Waals surface area contributed by atoms with E-state index in [2.05, 4.69) is 20.1 Å². The summed E-state index contributed by atoms with van der Waals surface area (Å²) in [5.41, 5.74) is 2.18. The number of aromatic nitrogens is 4. The highest BCUT2D eigenvalue weighted by molar-refractivity contribution is 5.61. The topological polar surface area (TPSA) is 84.9 Å². The van der Waals surface area contributed by atoms with Crippen LogP contribution in [0.15, 0.2) is 41.3 Å². The van der Waals surface area contributed by atoms with Crippen LogP contribution in [0.3, 0.4) is 0 Å². The van der Waals surface area contributed by atoms with Crippen molar-refractivity contribution in [1.82, 2.24) is 20.1 Å². The van der Waals surface area contributed by atoms with Gasteiger partial charge in [0.15, 0.2) is 0 Å². The molecule has 0 saturated heterocycles. The minimum Gasteiger partial charge on any atom is -0.508 e. The van der Waals surface area contributed by atoms with Crippen molar-refractivity contribution in [1.29, 1.82) is 0 Å². The van der Waals surface area contributed by atoms with Crippen molar-refractivity contribution in [3.8, 4) is 28.7 Å². The first kappa shape index (κ1) is 11.3. The molecule has 0 aliphatic carbocycles. The van der Waals surface area contributed by atoms with Crippen LogP contribution in [0, 0.1) is 6.92 Å². The van der Waals surface area contributed by atoms with Crippen LogP contribution in [0.25, 0.3) is 23.0 Å². The molecule has 94 valence electrons. The van der Waals surface area contributed by atoms with Gasteiger partial charge in [0.25, 0.3) is 5.89 Å². The fourth-order valence-electron chi connectivity index (χ4n) is 1.74. The molecule has 2 aromatic heterocycles. The van der Waals surface area contributed by atoms with E-state index in [9.17, 15) is 5.11 Å². The molecule has 0 aliphatic rings. The van der Waals surface area contributed by atoms with Gasteiger partial charge in [0.1, 0.15) is 11.4 Å². The molecule has 1 N–H and O–H groups in total. The van der Waals surface area contributed by atoms with E-state index in [1.165, 1.54) is 0 Å². The molecule has 3 aromatic rings. The summed E-state index contributed by atoms with van der Waals surface area (Å²) in [6, 6.07) is 4.95. The van der Waals surface area contributed by atoms with Crippen LogP contribution in [0.4, 0.5) is 0 Å². The van der Waals surface area contributed by atoms with Crippen LogP contribution in [-0.4, -0.2) is 25.2 Å². The van der Waals surface area contributed by atoms with Crippen LogP contribution in [-0.2, 0) is 0 Å². The van der Waals surface area contributed by atoms with Gasteiger partial charge in [-0.05, 0) is 30.7 Å². The number of aromatic hydroxyl groups is 1. The van der Waals surface area contributed by atoms with E-state index < -0.39 is 0 Å². The Kier molecular flexibility index (Phi) is 2.68. The van der Waals surface area contributed by atoms with Crippen molar-refractivity contribution in [2.24, 2.45) is 0 Å². The van der Waals surface area contributed by atoms with Gasteiger partial charge in [-0.2, -0.15) is 4.98 Å². The van der Waals surface area contributed by atoms with Crippen LogP contribution in [0.5, 0.6) is 5.75 Å². The van der Waals surface area contributed by atoms with Gasteiger partial charge in [-0.3, -0.25) is 4.98 Å². The molecule has 0 atom stereocenters. The SMILES string of the molecule is Cc1cc(O)ccc1-c1nc(-c2cnccn2)no1. The minimum atomic E-state index is 0.204. The molecule has 2 heterocycles. The second kappa shape index (κ2) is 4.49. The lowest BCUT2D eigenvalue weighted by atomic mass is 10.1. The lowest BCUT2D eigenvalue weighted by molar-refractivity contribution is 0.431. The highest BCUT2D eigenvalue weighted by Crippen LogP contribution is 2.26. The van der Waals surface area contributed by atoms with Crippen molar-refractivity contribution in [3.63, 3.8) is 0 Å². The third-order valence-corrected chi connectivity index (χ3v) is 2.66. The van der Waals surface area contributed by atoms with E-state index in [-0.39, 0.29) is 5.75 Å². The molecular formula is C13H10N4O2. The summed E-state index contributed by atoms with van der Waals surface area (Å²) in [6.45, 7) is 1.86. The standard InChI is InChI=1S/C13H10N4O2/c1-8-6-9(18)2-3-10(8)13-16-12(17-19-13)11-7-14-4-5-15-11/h2-7,18H,1H3. The van der Waals surface area contributed by atoms with Gasteiger partial charge in [-0.25, -0.2) is 4.98 Å². The second-order valence-corrected chi connectivity index (χ2v) is 4.01. The normalized spacial score (nSPS) is 10.6. The number of benzene rings is 1. The smallest absolute Gasteiger partial charge is 0.258 e. The van der Waals surface area contributed by atoms with Gasteiger partial charge in [-0.1, -0.05) is 5.16 Å². The third-order valence-electron chi connectivity index (χ3n) is 2.66. The highest BCUT2D eigenvalue weighted by atomic mass is 16.5. The third kappa shape index (κ3) is 2.15. The molecule has 6 nitrogen and oxygen atoms in total. The number of hydrogen-bond donors (Lipinski definition) is 1. The molecule has 0 radical (unpaired) electrons. The maximum Gasteiger partial charge on any atom is 0.258 e. The van der Waals surface area contributed by atoms with Gasteiger partial charge in [0.05, 0.1) is 6.20 Å². The van der Waals surface area contributed by atoms with Crippen molar-refractivity contribution in [2.45, 2.75) is 6.92 Å². The monoisotopic (exact) mass is 254 g/mol. The van der Waals surface area contributed by atoms with E-state index in [1.807, 2.05) is 6.92 Å². The largest absolute Gasteiger partial charge is 0.508 e. The Morgan fingerprint density at radius 3 is 2.84 bits per heavy atom. The predicted octanol–water partition coefficient (Wildman–Crippen LogP) is 2.21. The molecule has 0 bridgehead atoms. The Morgan fingerprint density at radius 1 is 1.21 bits per heavy atom. The van der Waals surface area contributed by atoms with E-state index in [0.29, 0.717) is 17.4 Å². The Balaban J connectivity index is 2.02. The summed E-state index contributed by atoms with van der Waals surface area (Å²) in [4.78, 5) is 12.3. The molecule has 3 rings (SSSR count). The molecule has 0 unspecified atom stereocenters. The van der Waals surface area contributed by atoms with E-state index >= 15 is 0 Å². The fraction of sp³-hybridized carbons (Fsp3) is 0.0769. The lowest BCUT2D eigenvalue weighted by Gasteiger charge is -2.00. The maximum atomic E-state index is 9.38. The zero-order chi connectivity index (χ0) is 13.2. The molecule has 0 spiro atoms. The van der Waals surface area contributed by atoms with Crippen LogP contribution in [0.1, 0.15) is 5.56 Å². The number of hydrogen-bond acceptors (Lipinski definition) is 6. The zero-order valence-electron chi connectivity index (χ0n) is 10.1. The van der Waals surface area contributed by atoms with Crippen molar-refractivity contribution >= 4 is 0 Å². The van der Waals surface area contributed by atoms with Crippen LogP contribution in [0.2, 0.25) is 0 Å². The molecule has 0 aliphatic heterocycles. The number of aryl methyl sites for hydroxylation is 1.